The summed E-state index contributed by atoms with van der Waals surface area (Å²) in [6.45, 7) is 9.87. The first-order chi connectivity index (χ1) is 13.1. The molecule has 1 aliphatic carbocycles. The average Bonchev–Trinajstić information content (AvgIpc) is 2.93. The SMILES string of the molecule is CC(CNC(C)(C)C)=c1cccc2c1=[C]([Mo]([N](C)C)[N](C)C)c1ccccc1-2. The fourth-order valence-corrected chi connectivity index (χ4v) is 9.11. The van der Waals surface area contributed by atoms with E-state index < -0.39 is 17.8 Å². The summed E-state index contributed by atoms with van der Waals surface area (Å²) in [6.07, 6.45) is 0. The Hall–Kier alpha value is -1.25. The molecule has 0 radical (unpaired) electrons. The number of nitrogens with zero attached hydrogens (tertiary/aromatic N) is 2. The van der Waals surface area contributed by atoms with Crippen LogP contribution in [-0.4, -0.2) is 47.2 Å². The van der Waals surface area contributed by atoms with E-state index in [4.69, 9.17) is 0 Å². The maximum atomic E-state index is 3.67. The quantitative estimate of drug-likeness (QED) is 0.693. The van der Waals surface area contributed by atoms with Crippen molar-refractivity contribution in [1.82, 2.24) is 12.2 Å². The fourth-order valence-electron chi connectivity index (χ4n) is 3.80. The Morgan fingerprint density at radius 3 is 2.00 bits per heavy atom. The molecule has 2 aromatic carbocycles. The molecule has 0 saturated carbocycles. The van der Waals surface area contributed by atoms with Gasteiger partial charge in [-0.3, -0.25) is 0 Å². The molecule has 0 heterocycles. The normalized spacial score (nSPS) is 14.8. The van der Waals surface area contributed by atoms with Crippen LogP contribution < -0.4 is 15.8 Å². The summed E-state index contributed by atoms with van der Waals surface area (Å²) in [5, 5.41) is 6.54. The van der Waals surface area contributed by atoms with Crippen molar-refractivity contribution in [2.75, 3.05) is 34.7 Å². The average molecular weight is 460 g/mol. The Morgan fingerprint density at radius 1 is 0.857 bits per heavy atom. The zero-order chi connectivity index (χ0) is 20.6. The van der Waals surface area contributed by atoms with Crippen LogP contribution in [0.25, 0.3) is 20.7 Å². The van der Waals surface area contributed by atoms with Crippen LogP contribution in [0, 0.1) is 0 Å². The zero-order valence-corrected chi connectivity index (χ0v) is 20.6. The molecule has 3 rings (SSSR count). The summed E-state index contributed by atoms with van der Waals surface area (Å²) in [5.74, 6) is 0. The Labute approximate surface area is 176 Å². The molecule has 0 aliphatic heterocycles. The van der Waals surface area contributed by atoms with E-state index in [1.807, 2.05) is 0 Å². The summed E-state index contributed by atoms with van der Waals surface area (Å²) < 4.78 is 6.53. The fraction of sp³-hybridized carbons (Fsp3) is 0.417. The Bertz CT molecular complexity index is 976. The molecule has 28 heavy (non-hydrogen) atoms. The summed E-state index contributed by atoms with van der Waals surface area (Å²) in [6, 6.07) is 15.8. The second kappa shape index (κ2) is 8.24. The molecule has 1 aliphatic rings. The van der Waals surface area contributed by atoms with Crippen molar-refractivity contribution in [2.45, 2.75) is 33.2 Å². The molecule has 0 atom stereocenters. The molecule has 4 heteroatoms. The van der Waals surface area contributed by atoms with Crippen LogP contribution in [0.2, 0.25) is 0 Å². The maximum absolute atomic E-state index is 3.67. The summed E-state index contributed by atoms with van der Waals surface area (Å²) >= 11 is -1.86. The van der Waals surface area contributed by atoms with Gasteiger partial charge in [0.1, 0.15) is 0 Å². The van der Waals surface area contributed by atoms with Gasteiger partial charge in [-0.25, -0.2) is 0 Å². The molecule has 0 bridgehead atoms. The molecule has 0 amide bonds. The predicted molar refractivity (Wildman–Crippen MR) is 118 cm³/mol. The van der Waals surface area contributed by atoms with Crippen LogP contribution in [0.15, 0.2) is 42.5 Å². The monoisotopic (exact) mass is 462 g/mol. The molecule has 0 spiro atoms. The Morgan fingerprint density at radius 2 is 1.43 bits per heavy atom. The number of nitrogens with one attached hydrogen (secondary N) is 1. The third-order valence-corrected chi connectivity index (χ3v) is 10.3. The van der Waals surface area contributed by atoms with Gasteiger partial charge in [-0.05, 0) is 0 Å². The van der Waals surface area contributed by atoms with E-state index in [9.17, 15) is 0 Å². The van der Waals surface area contributed by atoms with Crippen LogP contribution in [0.1, 0.15) is 33.3 Å². The predicted octanol–water partition coefficient (Wildman–Crippen LogP) is 2.95. The summed E-state index contributed by atoms with van der Waals surface area (Å²) in [5.41, 5.74) is 5.74. The summed E-state index contributed by atoms with van der Waals surface area (Å²) in [7, 11) is 8.96. The molecule has 2 aromatic rings. The molecular weight excluding hydrogens is 426 g/mol. The second-order valence-electron chi connectivity index (χ2n) is 8.88. The topological polar surface area (TPSA) is 18.5 Å². The van der Waals surface area contributed by atoms with Gasteiger partial charge in [-0.1, -0.05) is 0 Å². The van der Waals surface area contributed by atoms with E-state index in [0.29, 0.717) is 0 Å². The van der Waals surface area contributed by atoms with Gasteiger partial charge in [0.2, 0.25) is 0 Å². The minimum absolute atomic E-state index is 0.112. The van der Waals surface area contributed by atoms with Crippen molar-refractivity contribution in [2.24, 2.45) is 0 Å². The van der Waals surface area contributed by atoms with Crippen molar-refractivity contribution in [3.05, 3.63) is 58.5 Å². The van der Waals surface area contributed by atoms with Gasteiger partial charge in [-0.2, -0.15) is 0 Å². The number of rotatable bonds is 5. The standard InChI is InChI=1S/C20H22N.2C2H6N.Mo/c1-14(13-21-20(2,3)4)16-10-7-11-18-17-9-6-5-8-15(17)12-19(16)18;2*1-3-2;/h5-11,21H,13H2,1-4H3;2*1-2H3;/q;2*-1;+2. The third kappa shape index (κ3) is 4.19. The van der Waals surface area contributed by atoms with Crippen molar-refractivity contribution in [1.29, 1.82) is 0 Å². The van der Waals surface area contributed by atoms with Gasteiger partial charge in [0.25, 0.3) is 0 Å². The molecule has 0 fully saturated rings. The first-order valence-corrected chi connectivity index (χ1v) is 12.7. The van der Waals surface area contributed by atoms with Crippen LogP contribution in [0.5, 0.6) is 0 Å². The first-order valence-electron chi connectivity index (χ1n) is 9.89. The van der Waals surface area contributed by atoms with Crippen molar-refractivity contribution >= 4 is 9.54 Å². The molecule has 0 unspecified atom stereocenters. The van der Waals surface area contributed by atoms with Crippen molar-refractivity contribution < 1.29 is 17.8 Å². The molecular formula is C24H34MoN3. The van der Waals surface area contributed by atoms with E-state index in [2.05, 4.69) is 111 Å². The third-order valence-electron chi connectivity index (χ3n) is 4.97. The van der Waals surface area contributed by atoms with Gasteiger partial charge in [0.05, 0.1) is 0 Å². The van der Waals surface area contributed by atoms with Gasteiger partial charge in [0.15, 0.2) is 0 Å². The van der Waals surface area contributed by atoms with E-state index in [1.54, 1.807) is 3.96 Å². The Balaban J connectivity index is 2.36. The first kappa shape index (κ1) is 21.5. The Kier molecular flexibility index (Phi) is 6.31. The van der Waals surface area contributed by atoms with Crippen LogP contribution in [0.3, 0.4) is 0 Å². The van der Waals surface area contributed by atoms with Crippen molar-refractivity contribution in [3.63, 3.8) is 0 Å². The molecule has 0 saturated heterocycles. The molecule has 3 nitrogen and oxygen atoms in total. The number of fused-ring (bicyclic) bond motifs is 3. The van der Waals surface area contributed by atoms with Gasteiger partial charge in [-0.15, -0.1) is 0 Å². The number of hydrogen-bond donors (Lipinski definition) is 1. The number of benzene rings is 2. The summed E-state index contributed by atoms with van der Waals surface area (Å²) in [4.78, 5) is 0. The van der Waals surface area contributed by atoms with E-state index in [0.717, 1.165) is 6.54 Å². The second-order valence-corrected chi connectivity index (χ2v) is 14.8. The molecule has 1 N–H and O–H groups in total. The minimum atomic E-state index is -1.86. The van der Waals surface area contributed by atoms with Crippen LogP contribution in [0.4, 0.5) is 0 Å². The molecule has 151 valence electrons. The van der Waals surface area contributed by atoms with Gasteiger partial charge in [0, 0.05) is 0 Å². The van der Waals surface area contributed by atoms with Gasteiger partial charge >= 0.3 is 177 Å². The van der Waals surface area contributed by atoms with E-state index in [1.165, 1.54) is 32.7 Å². The van der Waals surface area contributed by atoms with Gasteiger partial charge < -0.3 is 0 Å². The van der Waals surface area contributed by atoms with E-state index in [-0.39, 0.29) is 5.54 Å². The molecule has 0 aromatic heterocycles. The number of hydrogen-bond acceptors (Lipinski definition) is 3. The van der Waals surface area contributed by atoms with Crippen molar-refractivity contribution in [3.8, 4) is 11.1 Å². The van der Waals surface area contributed by atoms with E-state index >= 15 is 0 Å². The zero-order valence-electron chi connectivity index (χ0n) is 18.6. The van der Waals surface area contributed by atoms with Crippen LogP contribution >= 0.6 is 0 Å². The van der Waals surface area contributed by atoms with Crippen LogP contribution in [-0.2, 0) is 17.8 Å².